The molecule has 1 N–H and O–H groups in total. The summed E-state index contributed by atoms with van der Waals surface area (Å²) in [6, 6.07) is 13.7. The predicted molar refractivity (Wildman–Crippen MR) is 105 cm³/mol. The van der Waals surface area contributed by atoms with E-state index in [0.29, 0.717) is 5.69 Å². The number of likely N-dealkylation sites (N-methyl/N-ethyl adjacent to an activating group) is 2. The molecule has 1 unspecified atom stereocenters. The summed E-state index contributed by atoms with van der Waals surface area (Å²) in [7, 11) is 3.43. The highest BCUT2D eigenvalue weighted by Gasteiger charge is 2.19. The number of rotatable bonds is 7. The minimum absolute atomic E-state index is 0.0223. The van der Waals surface area contributed by atoms with Gasteiger partial charge in [-0.25, -0.2) is 4.39 Å². The molecule has 0 aliphatic carbocycles. The summed E-state index contributed by atoms with van der Waals surface area (Å²) < 4.78 is 13.1. The van der Waals surface area contributed by atoms with Gasteiger partial charge in [0.05, 0.1) is 13.1 Å². The number of amides is 2. The van der Waals surface area contributed by atoms with Gasteiger partial charge in [0.25, 0.3) is 0 Å². The molecule has 5 nitrogen and oxygen atoms in total. The first-order valence-electron chi connectivity index (χ1n) is 8.82. The Morgan fingerprint density at radius 2 is 1.59 bits per heavy atom. The van der Waals surface area contributed by atoms with Gasteiger partial charge in [-0.15, -0.1) is 0 Å². The van der Waals surface area contributed by atoms with Gasteiger partial charge in [-0.3, -0.25) is 14.5 Å². The first-order chi connectivity index (χ1) is 12.8. The first kappa shape index (κ1) is 20.6. The van der Waals surface area contributed by atoms with Gasteiger partial charge >= 0.3 is 0 Å². The molecule has 0 bridgehead atoms. The fraction of sp³-hybridized carbons (Fsp3) is 0.333. The molecule has 0 spiro atoms. The lowest BCUT2D eigenvalue weighted by molar-refractivity contribution is -0.134. The summed E-state index contributed by atoms with van der Waals surface area (Å²) >= 11 is 0. The molecule has 6 heteroatoms. The van der Waals surface area contributed by atoms with Crippen LogP contribution in [-0.4, -0.2) is 48.8 Å². The highest BCUT2D eigenvalue weighted by Crippen LogP contribution is 2.18. The lowest BCUT2D eigenvalue weighted by atomic mass is 10.1. The third-order valence-corrected chi connectivity index (χ3v) is 4.54. The van der Waals surface area contributed by atoms with Crippen molar-refractivity contribution in [3.63, 3.8) is 0 Å². The van der Waals surface area contributed by atoms with Crippen molar-refractivity contribution in [2.24, 2.45) is 0 Å². The Hall–Kier alpha value is -2.73. The fourth-order valence-corrected chi connectivity index (χ4v) is 2.61. The molecule has 2 aromatic carbocycles. The quantitative estimate of drug-likeness (QED) is 0.813. The van der Waals surface area contributed by atoms with E-state index < -0.39 is 0 Å². The number of anilines is 1. The molecule has 0 radical (unpaired) electrons. The van der Waals surface area contributed by atoms with Gasteiger partial charge in [-0.2, -0.15) is 0 Å². The van der Waals surface area contributed by atoms with E-state index in [0.717, 1.165) is 11.1 Å². The minimum Gasteiger partial charge on any atom is -0.335 e. The van der Waals surface area contributed by atoms with E-state index in [4.69, 9.17) is 0 Å². The smallest absolute Gasteiger partial charge is 0.243 e. The average molecular weight is 371 g/mol. The number of nitrogens with zero attached hydrogens (tertiary/aromatic N) is 2. The maximum Gasteiger partial charge on any atom is 0.243 e. The van der Waals surface area contributed by atoms with Crippen LogP contribution in [0.25, 0.3) is 0 Å². The monoisotopic (exact) mass is 371 g/mol. The molecule has 0 heterocycles. The highest BCUT2D eigenvalue weighted by molar-refractivity contribution is 5.94. The number of halogens is 1. The van der Waals surface area contributed by atoms with Crippen LogP contribution in [0.1, 0.15) is 24.1 Å². The molecule has 2 rings (SSSR count). The van der Waals surface area contributed by atoms with Crippen LogP contribution in [0.2, 0.25) is 0 Å². The molecular weight excluding hydrogens is 345 g/mol. The molecule has 2 aromatic rings. The fourth-order valence-electron chi connectivity index (χ4n) is 2.61. The molecule has 0 aliphatic rings. The van der Waals surface area contributed by atoms with E-state index in [1.807, 2.05) is 50.1 Å². The van der Waals surface area contributed by atoms with Gasteiger partial charge in [0.1, 0.15) is 5.82 Å². The van der Waals surface area contributed by atoms with Crippen LogP contribution in [0.4, 0.5) is 10.1 Å². The van der Waals surface area contributed by atoms with E-state index in [2.05, 4.69) is 5.32 Å². The molecule has 0 aromatic heterocycles. The molecule has 0 saturated heterocycles. The Morgan fingerprint density at radius 1 is 1.00 bits per heavy atom. The van der Waals surface area contributed by atoms with Crippen LogP contribution in [-0.2, 0) is 9.59 Å². The minimum atomic E-state index is -0.288. The third kappa shape index (κ3) is 6.18. The number of carbonyl (C=O) groups excluding carboxylic acids is 2. The van der Waals surface area contributed by atoms with Crippen LogP contribution in [0.15, 0.2) is 48.5 Å². The van der Waals surface area contributed by atoms with Crippen molar-refractivity contribution in [1.82, 2.24) is 9.80 Å². The van der Waals surface area contributed by atoms with Crippen molar-refractivity contribution in [2.45, 2.75) is 19.9 Å². The van der Waals surface area contributed by atoms with Gasteiger partial charge in [0.15, 0.2) is 0 Å². The van der Waals surface area contributed by atoms with Gasteiger partial charge < -0.3 is 10.2 Å². The van der Waals surface area contributed by atoms with Crippen molar-refractivity contribution in [1.29, 1.82) is 0 Å². The zero-order valence-corrected chi connectivity index (χ0v) is 16.2. The third-order valence-electron chi connectivity index (χ3n) is 4.54. The summed E-state index contributed by atoms with van der Waals surface area (Å²) in [4.78, 5) is 27.8. The molecule has 0 fully saturated rings. The predicted octanol–water partition coefficient (Wildman–Crippen LogP) is 3.22. The maximum atomic E-state index is 13.1. The molecule has 0 aliphatic heterocycles. The number of carbonyl (C=O) groups is 2. The molecule has 27 heavy (non-hydrogen) atoms. The number of hydrogen-bond acceptors (Lipinski definition) is 3. The van der Waals surface area contributed by atoms with Crippen molar-refractivity contribution in [3.8, 4) is 0 Å². The second kappa shape index (κ2) is 9.28. The Morgan fingerprint density at radius 3 is 2.19 bits per heavy atom. The first-order valence-corrected chi connectivity index (χ1v) is 8.82. The summed E-state index contributed by atoms with van der Waals surface area (Å²) in [5.74, 6) is -0.696. The molecular formula is C21H26FN3O2. The van der Waals surface area contributed by atoms with Crippen LogP contribution < -0.4 is 5.32 Å². The zero-order chi connectivity index (χ0) is 20.0. The van der Waals surface area contributed by atoms with E-state index in [9.17, 15) is 14.0 Å². The van der Waals surface area contributed by atoms with Crippen molar-refractivity contribution >= 4 is 17.5 Å². The Kier molecular flexibility index (Phi) is 7.07. The zero-order valence-electron chi connectivity index (χ0n) is 16.2. The summed E-state index contributed by atoms with van der Waals surface area (Å²) in [5, 5.41) is 2.78. The second-order valence-corrected chi connectivity index (χ2v) is 6.81. The van der Waals surface area contributed by atoms with E-state index in [1.54, 1.807) is 19.2 Å². The average Bonchev–Trinajstić information content (AvgIpc) is 2.63. The molecule has 1 atom stereocenters. The van der Waals surface area contributed by atoms with E-state index in [-0.39, 0.29) is 36.8 Å². The standard InChI is InChI=1S/C21H26FN3O2/c1-15-5-11-19(12-6-15)23-20(26)13-25(4)21(27)14-24(3)16(2)17-7-9-18(22)10-8-17/h5-12,16H,13-14H2,1-4H3,(H,23,26). The largest absolute Gasteiger partial charge is 0.335 e. The SMILES string of the molecule is Cc1ccc(NC(=O)CN(C)C(=O)CN(C)C(C)c2ccc(F)cc2)cc1. The van der Waals surface area contributed by atoms with E-state index in [1.165, 1.54) is 17.0 Å². The summed E-state index contributed by atoms with van der Waals surface area (Å²) in [5.41, 5.74) is 2.73. The van der Waals surface area contributed by atoms with Crippen LogP contribution in [0.3, 0.4) is 0 Å². The van der Waals surface area contributed by atoms with Crippen molar-refractivity contribution in [2.75, 3.05) is 32.5 Å². The normalized spacial score (nSPS) is 11.9. The second-order valence-electron chi connectivity index (χ2n) is 6.81. The van der Waals surface area contributed by atoms with Crippen LogP contribution in [0, 0.1) is 12.7 Å². The van der Waals surface area contributed by atoms with Gasteiger partial charge in [-0.05, 0) is 50.7 Å². The number of hydrogen-bond donors (Lipinski definition) is 1. The van der Waals surface area contributed by atoms with Crippen LogP contribution >= 0.6 is 0 Å². The summed E-state index contributed by atoms with van der Waals surface area (Å²) in [6.45, 7) is 4.06. The molecule has 144 valence electrons. The number of benzene rings is 2. The van der Waals surface area contributed by atoms with Gasteiger partial charge in [0, 0.05) is 18.8 Å². The number of nitrogens with one attached hydrogen (secondary N) is 1. The Balaban J connectivity index is 1.85. The highest BCUT2D eigenvalue weighted by atomic mass is 19.1. The number of aryl methyl sites for hydroxylation is 1. The topological polar surface area (TPSA) is 52.7 Å². The Labute approximate surface area is 159 Å². The Bertz CT molecular complexity index is 775. The lowest BCUT2D eigenvalue weighted by Gasteiger charge is -2.26. The molecule has 0 saturated carbocycles. The lowest BCUT2D eigenvalue weighted by Crippen LogP contribution is -2.41. The summed E-state index contributed by atoms with van der Waals surface area (Å²) in [6.07, 6.45) is 0. The van der Waals surface area contributed by atoms with Crippen LogP contribution in [0.5, 0.6) is 0 Å². The molecule has 2 amide bonds. The van der Waals surface area contributed by atoms with Gasteiger partial charge in [0.2, 0.25) is 11.8 Å². The van der Waals surface area contributed by atoms with E-state index >= 15 is 0 Å². The maximum absolute atomic E-state index is 13.1. The van der Waals surface area contributed by atoms with Gasteiger partial charge in [-0.1, -0.05) is 29.8 Å². The van der Waals surface area contributed by atoms with Crippen molar-refractivity contribution < 1.29 is 14.0 Å². The van der Waals surface area contributed by atoms with Crippen molar-refractivity contribution in [3.05, 3.63) is 65.5 Å².